The first kappa shape index (κ1) is 15.3. The summed E-state index contributed by atoms with van der Waals surface area (Å²) < 4.78 is 0. The van der Waals surface area contributed by atoms with Crippen LogP contribution in [0.15, 0.2) is 60.7 Å². The Hall–Kier alpha value is -2.13. The molecule has 0 saturated heterocycles. The molecule has 3 heteroatoms. The van der Waals surface area contributed by atoms with Gasteiger partial charge >= 0.3 is 5.97 Å². The van der Waals surface area contributed by atoms with Gasteiger partial charge in [-0.1, -0.05) is 60.7 Å². The van der Waals surface area contributed by atoms with E-state index in [0.29, 0.717) is 0 Å². The first-order valence-corrected chi connectivity index (χ1v) is 7.18. The molecule has 0 aliphatic rings. The van der Waals surface area contributed by atoms with E-state index < -0.39 is 12.0 Å². The first-order valence-electron chi connectivity index (χ1n) is 7.18. The fraction of sp³-hybridized carbons (Fsp3) is 0.278. The van der Waals surface area contributed by atoms with Crippen LogP contribution in [-0.2, 0) is 4.79 Å². The summed E-state index contributed by atoms with van der Waals surface area (Å²) in [5.74, 6) is -0.712. The molecule has 0 heterocycles. The van der Waals surface area contributed by atoms with E-state index in [1.165, 1.54) is 11.1 Å². The number of rotatable bonds is 6. The van der Waals surface area contributed by atoms with Crippen LogP contribution in [0.2, 0.25) is 0 Å². The molecule has 0 saturated carbocycles. The van der Waals surface area contributed by atoms with Crippen LogP contribution in [-0.4, -0.2) is 23.2 Å². The molecule has 0 aliphatic carbocycles. The number of aliphatic carboxylic acids is 1. The Morgan fingerprint density at radius 3 is 1.71 bits per heavy atom. The number of hydrogen-bond acceptors (Lipinski definition) is 2. The zero-order valence-electron chi connectivity index (χ0n) is 12.4. The van der Waals surface area contributed by atoms with Crippen molar-refractivity contribution in [1.29, 1.82) is 0 Å². The summed E-state index contributed by atoms with van der Waals surface area (Å²) in [6.45, 7) is 3.70. The molecule has 2 atom stereocenters. The number of nitrogens with one attached hydrogen (secondary N) is 1. The summed E-state index contributed by atoms with van der Waals surface area (Å²) in [5, 5.41) is 12.3. The Morgan fingerprint density at radius 2 is 1.33 bits per heavy atom. The first-order chi connectivity index (χ1) is 10.1. The molecule has 0 radical (unpaired) electrons. The van der Waals surface area contributed by atoms with Crippen molar-refractivity contribution >= 4 is 5.97 Å². The van der Waals surface area contributed by atoms with Gasteiger partial charge in [0.1, 0.15) is 6.04 Å². The van der Waals surface area contributed by atoms with Gasteiger partial charge in [0.15, 0.2) is 0 Å². The van der Waals surface area contributed by atoms with Crippen molar-refractivity contribution in [3.63, 3.8) is 0 Å². The van der Waals surface area contributed by atoms with E-state index in [2.05, 4.69) is 29.6 Å². The predicted octanol–water partition coefficient (Wildman–Crippen LogP) is 3.27. The Bertz CT molecular complexity index is 529. The molecule has 2 aromatic rings. The highest BCUT2D eigenvalue weighted by atomic mass is 16.4. The normalized spacial score (nSPS) is 13.9. The average molecular weight is 283 g/mol. The molecule has 110 valence electrons. The summed E-state index contributed by atoms with van der Waals surface area (Å²) in [6.07, 6.45) is 0. The van der Waals surface area contributed by atoms with E-state index >= 15 is 0 Å². The summed E-state index contributed by atoms with van der Waals surface area (Å²) in [7, 11) is 0. The molecule has 21 heavy (non-hydrogen) atoms. The lowest BCUT2D eigenvalue weighted by Crippen LogP contribution is -2.43. The Kier molecular flexibility index (Phi) is 5.12. The quantitative estimate of drug-likeness (QED) is 0.855. The molecule has 0 aliphatic heterocycles. The highest BCUT2D eigenvalue weighted by Gasteiger charge is 2.24. The topological polar surface area (TPSA) is 49.3 Å². The van der Waals surface area contributed by atoms with Crippen LogP contribution in [0.25, 0.3) is 0 Å². The summed E-state index contributed by atoms with van der Waals surface area (Å²) >= 11 is 0. The fourth-order valence-electron chi connectivity index (χ4n) is 2.65. The maximum Gasteiger partial charge on any atom is 0.320 e. The van der Waals surface area contributed by atoms with Gasteiger partial charge in [0.05, 0.1) is 0 Å². The maximum absolute atomic E-state index is 11.1. The third-order valence-electron chi connectivity index (χ3n) is 3.70. The molecular formula is C18H21NO2. The van der Waals surface area contributed by atoms with Crippen molar-refractivity contribution in [2.75, 3.05) is 0 Å². The average Bonchev–Trinajstić information content (AvgIpc) is 2.49. The second-order valence-electron chi connectivity index (χ2n) is 5.31. The van der Waals surface area contributed by atoms with Crippen molar-refractivity contribution < 1.29 is 9.90 Å². The summed E-state index contributed by atoms with van der Waals surface area (Å²) in [5.41, 5.74) is 2.36. The molecule has 2 rings (SSSR count). The summed E-state index contributed by atoms with van der Waals surface area (Å²) in [4.78, 5) is 11.1. The van der Waals surface area contributed by atoms with Crippen LogP contribution < -0.4 is 5.32 Å². The molecule has 2 unspecified atom stereocenters. The lowest BCUT2D eigenvalue weighted by molar-refractivity contribution is -0.139. The van der Waals surface area contributed by atoms with Crippen molar-refractivity contribution in [2.24, 2.45) is 0 Å². The number of benzene rings is 2. The maximum atomic E-state index is 11.1. The smallest absolute Gasteiger partial charge is 0.320 e. The number of hydrogen-bond donors (Lipinski definition) is 2. The van der Waals surface area contributed by atoms with Crippen LogP contribution in [0, 0.1) is 0 Å². The Labute approximate surface area is 125 Å². The minimum absolute atomic E-state index is 0.0147. The molecule has 0 amide bonds. The van der Waals surface area contributed by atoms with Crippen molar-refractivity contribution in [3.8, 4) is 0 Å². The molecule has 3 nitrogen and oxygen atoms in total. The van der Waals surface area contributed by atoms with Gasteiger partial charge in [-0.05, 0) is 25.0 Å². The highest BCUT2D eigenvalue weighted by molar-refractivity contribution is 5.72. The number of carbonyl (C=O) groups is 1. The van der Waals surface area contributed by atoms with Gasteiger partial charge in [-0.25, -0.2) is 0 Å². The van der Waals surface area contributed by atoms with Gasteiger partial charge in [-0.15, -0.1) is 0 Å². The largest absolute Gasteiger partial charge is 0.480 e. The molecule has 2 N–H and O–H groups in total. The second kappa shape index (κ2) is 7.04. The van der Waals surface area contributed by atoms with Crippen molar-refractivity contribution in [3.05, 3.63) is 71.8 Å². The van der Waals surface area contributed by atoms with E-state index in [0.717, 1.165) is 0 Å². The number of carboxylic acids is 1. The van der Waals surface area contributed by atoms with E-state index in [1.807, 2.05) is 43.3 Å². The van der Waals surface area contributed by atoms with Gasteiger partial charge < -0.3 is 10.4 Å². The van der Waals surface area contributed by atoms with Gasteiger partial charge in [-0.3, -0.25) is 4.79 Å². The standard InChI is InChI=1S/C18H21NO2/c1-13(19-14(2)18(20)21)17(15-9-5-3-6-10-15)16-11-7-4-8-12-16/h3-14,17,19H,1-2H3,(H,20,21). The van der Waals surface area contributed by atoms with Crippen LogP contribution in [0.5, 0.6) is 0 Å². The van der Waals surface area contributed by atoms with Crippen LogP contribution in [0.4, 0.5) is 0 Å². The lowest BCUT2D eigenvalue weighted by atomic mass is 9.85. The van der Waals surface area contributed by atoms with E-state index in [-0.39, 0.29) is 12.0 Å². The van der Waals surface area contributed by atoms with E-state index in [1.54, 1.807) is 6.92 Å². The third-order valence-corrected chi connectivity index (χ3v) is 3.70. The van der Waals surface area contributed by atoms with Gasteiger partial charge in [-0.2, -0.15) is 0 Å². The number of carboxylic acid groups (broad SMARTS) is 1. The van der Waals surface area contributed by atoms with Gasteiger partial charge in [0.25, 0.3) is 0 Å². The fourth-order valence-corrected chi connectivity index (χ4v) is 2.65. The van der Waals surface area contributed by atoms with Crippen molar-refractivity contribution in [1.82, 2.24) is 5.32 Å². The summed E-state index contributed by atoms with van der Waals surface area (Å²) in [6, 6.07) is 19.8. The molecular weight excluding hydrogens is 262 g/mol. The van der Waals surface area contributed by atoms with Crippen molar-refractivity contribution in [2.45, 2.75) is 31.8 Å². The Morgan fingerprint density at radius 1 is 0.905 bits per heavy atom. The Balaban J connectivity index is 2.31. The predicted molar refractivity (Wildman–Crippen MR) is 84.4 cm³/mol. The van der Waals surface area contributed by atoms with Gasteiger partial charge in [0, 0.05) is 12.0 Å². The minimum Gasteiger partial charge on any atom is -0.480 e. The van der Waals surface area contributed by atoms with E-state index in [4.69, 9.17) is 5.11 Å². The molecule has 0 fully saturated rings. The van der Waals surface area contributed by atoms with E-state index in [9.17, 15) is 4.79 Å². The zero-order valence-corrected chi connectivity index (χ0v) is 12.4. The molecule has 2 aromatic carbocycles. The minimum atomic E-state index is -0.832. The van der Waals surface area contributed by atoms with Gasteiger partial charge in [0.2, 0.25) is 0 Å². The third kappa shape index (κ3) is 3.92. The zero-order chi connectivity index (χ0) is 15.2. The van der Waals surface area contributed by atoms with Crippen LogP contribution in [0.3, 0.4) is 0 Å². The monoisotopic (exact) mass is 283 g/mol. The second-order valence-corrected chi connectivity index (χ2v) is 5.31. The molecule has 0 aromatic heterocycles. The SMILES string of the molecule is CC(NC(C)C(c1ccccc1)c1ccccc1)C(=O)O. The molecule has 0 bridgehead atoms. The van der Waals surface area contributed by atoms with Crippen LogP contribution in [0.1, 0.15) is 30.9 Å². The van der Waals surface area contributed by atoms with Crippen LogP contribution >= 0.6 is 0 Å². The molecule has 0 spiro atoms. The highest BCUT2D eigenvalue weighted by Crippen LogP contribution is 2.28. The lowest BCUT2D eigenvalue weighted by Gasteiger charge is -2.27.